The van der Waals surface area contributed by atoms with Crippen LogP contribution in [0.1, 0.15) is 57.8 Å². The van der Waals surface area contributed by atoms with Crippen LogP contribution in [-0.2, 0) is 9.53 Å². The Morgan fingerprint density at radius 1 is 1.14 bits per heavy atom. The van der Waals surface area contributed by atoms with E-state index in [1.54, 1.807) is 21.9 Å². The van der Waals surface area contributed by atoms with Crippen molar-refractivity contribution in [3.8, 4) is 17.2 Å². The molecule has 0 aliphatic carbocycles. The monoisotopic (exact) mass is 493 g/mol. The van der Waals surface area contributed by atoms with Gasteiger partial charge >= 0.3 is 6.09 Å². The molecule has 1 aromatic carbocycles. The van der Waals surface area contributed by atoms with E-state index < -0.39 is 11.5 Å². The van der Waals surface area contributed by atoms with E-state index in [0.717, 1.165) is 12.8 Å². The highest BCUT2D eigenvalue weighted by Crippen LogP contribution is 2.39. The van der Waals surface area contributed by atoms with Gasteiger partial charge in [-0.2, -0.15) is 0 Å². The zero-order chi connectivity index (χ0) is 26.3. The third kappa shape index (κ3) is 7.93. The van der Waals surface area contributed by atoms with Crippen molar-refractivity contribution in [3.05, 3.63) is 17.7 Å². The highest BCUT2D eigenvalue weighted by molar-refractivity contribution is 5.95. The van der Waals surface area contributed by atoms with Crippen LogP contribution in [0.5, 0.6) is 17.2 Å². The van der Waals surface area contributed by atoms with E-state index in [9.17, 15) is 14.4 Å². The maximum absolute atomic E-state index is 13.4. The number of likely N-dealkylation sites (tertiary alicyclic amines) is 1. The van der Waals surface area contributed by atoms with Gasteiger partial charge in [-0.1, -0.05) is 0 Å². The quantitative estimate of drug-likeness (QED) is 0.561. The molecule has 10 heteroatoms. The second kappa shape index (κ2) is 12.0. The SMILES string of the molecule is COc1cc(C(=O)N2CCCC(CN(C(=O)OC(C)(C)C)C(C)C)C2)cc(OC)c1OCC(N)=O. The second-order valence-corrected chi connectivity index (χ2v) is 9.95. The van der Waals surface area contributed by atoms with Crippen LogP contribution in [-0.4, -0.2) is 79.8 Å². The maximum atomic E-state index is 13.4. The number of carbonyl (C=O) groups is 3. The predicted molar refractivity (Wildman–Crippen MR) is 131 cm³/mol. The van der Waals surface area contributed by atoms with E-state index in [1.807, 2.05) is 34.6 Å². The number of nitrogens with zero attached hydrogens (tertiary/aromatic N) is 2. The number of primary amides is 1. The van der Waals surface area contributed by atoms with Gasteiger partial charge in [0.15, 0.2) is 18.1 Å². The predicted octanol–water partition coefficient (Wildman–Crippen LogP) is 3.07. The first-order chi connectivity index (χ1) is 16.4. The minimum absolute atomic E-state index is 0.0302. The molecular formula is C25H39N3O7. The van der Waals surface area contributed by atoms with Crippen molar-refractivity contribution in [2.45, 2.75) is 59.1 Å². The van der Waals surface area contributed by atoms with E-state index in [1.165, 1.54) is 14.2 Å². The number of rotatable bonds is 9. The standard InChI is InChI=1S/C25H39N3O7/c1-16(2)28(24(31)35-25(3,4)5)14-17-9-8-10-27(13-17)23(30)18-11-19(32-6)22(20(12-18)33-7)34-15-21(26)29/h11-12,16-17H,8-10,13-15H2,1-7H3,(H2,26,29). The fourth-order valence-electron chi connectivity index (χ4n) is 3.96. The molecule has 1 aliphatic heterocycles. The normalized spacial score (nSPS) is 16.0. The average molecular weight is 494 g/mol. The Bertz CT molecular complexity index is 886. The summed E-state index contributed by atoms with van der Waals surface area (Å²) in [5, 5.41) is 0. The van der Waals surface area contributed by atoms with Crippen molar-refractivity contribution < 1.29 is 33.3 Å². The first-order valence-corrected chi connectivity index (χ1v) is 11.8. The topological polar surface area (TPSA) is 121 Å². The van der Waals surface area contributed by atoms with Crippen molar-refractivity contribution >= 4 is 17.9 Å². The molecule has 35 heavy (non-hydrogen) atoms. The summed E-state index contributed by atoms with van der Waals surface area (Å²) in [5.41, 5.74) is 4.97. The van der Waals surface area contributed by atoms with Gasteiger partial charge in [0, 0.05) is 31.2 Å². The summed E-state index contributed by atoms with van der Waals surface area (Å²) in [6, 6.07) is 3.09. The summed E-state index contributed by atoms with van der Waals surface area (Å²) in [5.74, 6) is 0.0183. The molecule has 0 saturated carbocycles. The van der Waals surface area contributed by atoms with Gasteiger partial charge in [-0.3, -0.25) is 9.59 Å². The van der Waals surface area contributed by atoms with Gasteiger partial charge in [0.25, 0.3) is 11.8 Å². The Hall–Kier alpha value is -3.17. The molecule has 196 valence electrons. The number of methoxy groups -OCH3 is 2. The van der Waals surface area contributed by atoms with E-state index in [0.29, 0.717) is 25.2 Å². The molecule has 0 bridgehead atoms. The Kier molecular flexibility index (Phi) is 9.62. The molecule has 1 saturated heterocycles. The first-order valence-electron chi connectivity index (χ1n) is 11.8. The van der Waals surface area contributed by atoms with Crippen LogP contribution in [0.15, 0.2) is 12.1 Å². The van der Waals surface area contributed by atoms with Gasteiger partial charge < -0.3 is 34.5 Å². The van der Waals surface area contributed by atoms with Crippen molar-refractivity contribution in [2.24, 2.45) is 11.7 Å². The van der Waals surface area contributed by atoms with Crippen LogP contribution in [0.4, 0.5) is 4.79 Å². The van der Waals surface area contributed by atoms with Crippen LogP contribution in [0.2, 0.25) is 0 Å². The van der Waals surface area contributed by atoms with Gasteiger partial charge in [0.05, 0.1) is 14.2 Å². The summed E-state index contributed by atoms with van der Waals surface area (Å²) in [4.78, 5) is 40.8. The van der Waals surface area contributed by atoms with Gasteiger partial charge in [-0.05, 0) is 65.5 Å². The van der Waals surface area contributed by atoms with Crippen LogP contribution in [0, 0.1) is 5.92 Å². The Balaban J connectivity index is 2.19. The molecule has 1 unspecified atom stereocenters. The molecule has 1 aliphatic rings. The van der Waals surface area contributed by atoms with E-state index in [2.05, 4.69) is 0 Å². The van der Waals surface area contributed by atoms with Crippen LogP contribution >= 0.6 is 0 Å². The summed E-state index contributed by atoms with van der Waals surface area (Å²) < 4.78 is 21.8. The lowest BCUT2D eigenvalue weighted by molar-refractivity contribution is -0.120. The van der Waals surface area contributed by atoms with Gasteiger partial charge in [0.1, 0.15) is 5.60 Å². The minimum atomic E-state index is -0.643. The molecule has 3 amide bonds. The average Bonchev–Trinajstić information content (AvgIpc) is 2.78. The lowest BCUT2D eigenvalue weighted by Crippen LogP contribution is -2.48. The highest BCUT2D eigenvalue weighted by Gasteiger charge is 2.31. The first kappa shape index (κ1) is 28.1. The maximum Gasteiger partial charge on any atom is 0.410 e. The third-order valence-corrected chi connectivity index (χ3v) is 5.58. The number of hydrogen-bond acceptors (Lipinski definition) is 7. The van der Waals surface area contributed by atoms with Crippen LogP contribution in [0.25, 0.3) is 0 Å². The van der Waals surface area contributed by atoms with Gasteiger partial charge in [0.2, 0.25) is 5.75 Å². The van der Waals surface area contributed by atoms with Crippen molar-refractivity contribution in [3.63, 3.8) is 0 Å². The molecule has 10 nitrogen and oxygen atoms in total. The molecular weight excluding hydrogens is 454 g/mol. The number of piperidine rings is 1. The lowest BCUT2D eigenvalue weighted by Gasteiger charge is -2.37. The van der Waals surface area contributed by atoms with Crippen molar-refractivity contribution in [1.82, 2.24) is 9.80 Å². The van der Waals surface area contributed by atoms with Crippen molar-refractivity contribution in [2.75, 3.05) is 40.5 Å². The smallest absolute Gasteiger partial charge is 0.410 e. The lowest BCUT2D eigenvalue weighted by atomic mass is 9.96. The summed E-state index contributed by atoms with van der Waals surface area (Å²) in [6.07, 6.45) is 1.38. The second-order valence-electron chi connectivity index (χ2n) is 9.95. The fourth-order valence-corrected chi connectivity index (χ4v) is 3.96. The molecule has 0 aromatic heterocycles. The van der Waals surface area contributed by atoms with Gasteiger partial charge in [-0.25, -0.2) is 4.79 Å². The Morgan fingerprint density at radius 2 is 1.74 bits per heavy atom. The molecule has 2 rings (SSSR count). The molecule has 1 heterocycles. The Morgan fingerprint density at radius 3 is 2.23 bits per heavy atom. The van der Waals surface area contributed by atoms with Gasteiger partial charge in [-0.15, -0.1) is 0 Å². The number of amides is 3. The summed E-state index contributed by atoms with van der Waals surface area (Å²) >= 11 is 0. The molecule has 0 radical (unpaired) electrons. The summed E-state index contributed by atoms with van der Waals surface area (Å²) in [6.45, 7) is 10.7. The molecule has 0 spiro atoms. The number of benzene rings is 1. The molecule has 1 atom stereocenters. The van der Waals surface area contributed by atoms with E-state index >= 15 is 0 Å². The highest BCUT2D eigenvalue weighted by atomic mass is 16.6. The zero-order valence-corrected chi connectivity index (χ0v) is 21.9. The number of carbonyl (C=O) groups excluding carboxylic acids is 3. The van der Waals surface area contributed by atoms with E-state index in [4.69, 9.17) is 24.7 Å². The zero-order valence-electron chi connectivity index (χ0n) is 21.9. The minimum Gasteiger partial charge on any atom is -0.493 e. The fraction of sp³-hybridized carbons (Fsp3) is 0.640. The van der Waals surface area contributed by atoms with Crippen LogP contribution < -0.4 is 19.9 Å². The molecule has 1 fully saturated rings. The van der Waals surface area contributed by atoms with E-state index in [-0.39, 0.29) is 47.8 Å². The Labute approximate surface area is 207 Å². The largest absolute Gasteiger partial charge is 0.493 e. The van der Waals surface area contributed by atoms with Crippen molar-refractivity contribution in [1.29, 1.82) is 0 Å². The number of nitrogens with two attached hydrogens (primary N) is 1. The molecule has 1 aromatic rings. The summed E-state index contributed by atoms with van der Waals surface area (Å²) in [7, 11) is 2.88. The number of ether oxygens (including phenoxy) is 4. The van der Waals surface area contributed by atoms with Crippen LogP contribution in [0.3, 0.4) is 0 Å². The molecule has 2 N–H and O–H groups in total. The third-order valence-electron chi connectivity index (χ3n) is 5.58. The number of hydrogen-bond donors (Lipinski definition) is 1.